The SMILES string of the molecule is CCCCCCCCCCCCCCCC[NH+](CCCCCCCCCCCCCCCC)CCNC(=O)C(CCCCN)NC(=O)C(CCC(=O)O)NC(=O)CNC(=O)C(N)CCCN=C(N)N.[Cl-].[Cl-].[Cl-].[Cl-]. The number of amides is 4. The van der Waals surface area contributed by atoms with E-state index in [4.69, 9.17) is 22.9 Å². The van der Waals surface area contributed by atoms with Crippen molar-refractivity contribution in [1.29, 1.82) is 0 Å². The maximum absolute atomic E-state index is 13.7. The van der Waals surface area contributed by atoms with E-state index in [0.29, 0.717) is 45.3 Å². The molecule has 0 aromatic rings. The monoisotopic (exact) mass is 1120 g/mol. The Morgan fingerprint density at radius 1 is 0.493 bits per heavy atom. The summed E-state index contributed by atoms with van der Waals surface area (Å²) in [4.78, 5) is 69.6. The lowest BCUT2D eigenvalue weighted by atomic mass is 10.0. The summed E-state index contributed by atoms with van der Waals surface area (Å²) in [5.74, 6) is -3.48. The molecule has 0 saturated heterocycles. The number of hydrogen-bond acceptors (Lipinski definition) is 8. The molecule has 0 aromatic heterocycles. The van der Waals surface area contributed by atoms with Crippen molar-refractivity contribution in [2.75, 3.05) is 45.8 Å². The van der Waals surface area contributed by atoms with Crippen LogP contribution in [0.1, 0.15) is 239 Å². The van der Waals surface area contributed by atoms with Crippen LogP contribution in [-0.4, -0.2) is 105 Å². The van der Waals surface area contributed by atoms with Crippen LogP contribution in [0.3, 0.4) is 0 Å². The second-order valence-electron chi connectivity index (χ2n) is 19.7. The van der Waals surface area contributed by atoms with E-state index in [1.165, 1.54) is 172 Å². The Hall–Kier alpha value is -2.34. The third-order valence-electron chi connectivity index (χ3n) is 13.2. The van der Waals surface area contributed by atoms with Crippen LogP contribution in [0.4, 0.5) is 0 Å². The van der Waals surface area contributed by atoms with E-state index < -0.39 is 54.8 Å². The fraction of sp³-hybridized carbons (Fsp3) is 0.887. The Bertz CT molecular complexity index is 1290. The van der Waals surface area contributed by atoms with Gasteiger partial charge in [-0.2, -0.15) is 0 Å². The molecule has 0 saturated carbocycles. The maximum atomic E-state index is 13.7. The summed E-state index contributed by atoms with van der Waals surface area (Å²) < 4.78 is 0. The topological polar surface area (TPSA) is 275 Å². The molecule has 16 nitrogen and oxygen atoms in total. The number of nitrogens with zero attached hydrogens (tertiary/aromatic N) is 1. The summed E-state index contributed by atoms with van der Waals surface area (Å²) >= 11 is 0. The second-order valence-corrected chi connectivity index (χ2v) is 19.7. The first-order valence-electron chi connectivity index (χ1n) is 28.2. The molecule has 0 aliphatic heterocycles. The van der Waals surface area contributed by atoms with E-state index in [2.05, 4.69) is 40.1 Å². The minimum atomic E-state index is -1.25. The molecule has 14 N–H and O–H groups in total. The van der Waals surface area contributed by atoms with Gasteiger partial charge in [0.2, 0.25) is 23.6 Å². The summed E-state index contributed by atoms with van der Waals surface area (Å²) in [7, 11) is 0. The van der Waals surface area contributed by atoms with Gasteiger partial charge in [-0.05, 0) is 70.8 Å². The molecule has 0 rings (SSSR count). The lowest BCUT2D eigenvalue weighted by molar-refractivity contribution is -0.899. The van der Waals surface area contributed by atoms with Gasteiger partial charge in [0.1, 0.15) is 12.1 Å². The first-order valence-corrected chi connectivity index (χ1v) is 28.2. The number of carboxylic acids is 1. The molecule has 3 unspecified atom stereocenters. The van der Waals surface area contributed by atoms with E-state index in [9.17, 15) is 29.1 Å². The minimum Gasteiger partial charge on any atom is -1.00 e. The van der Waals surface area contributed by atoms with Crippen molar-refractivity contribution in [3.63, 3.8) is 0 Å². The maximum Gasteiger partial charge on any atom is 0.303 e. The third-order valence-corrected chi connectivity index (χ3v) is 13.2. The van der Waals surface area contributed by atoms with Gasteiger partial charge in [-0.1, -0.05) is 168 Å². The van der Waals surface area contributed by atoms with Gasteiger partial charge < -0.3 is 104 Å². The van der Waals surface area contributed by atoms with E-state index >= 15 is 0 Å². The fourth-order valence-electron chi connectivity index (χ4n) is 8.76. The predicted molar refractivity (Wildman–Crippen MR) is 284 cm³/mol. The zero-order chi connectivity index (χ0) is 51.0. The first kappa shape index (κ1) is 79.5. The van der Waals surface area contributed by atoms with E-state index in [0.717, 1.165) is 32.5 Å². The minimum absolute atomic E-state index is 0. The van der Waals surface area contributed by atoms with Crippen LogP contribution in [0.5, 0.6) is 0 Å². The quantitative estimate of drug-likeness (QED) is 0.0157. The first-order chi connectivity index (χ1) is 33.4. The van der Waals surface area contributed by atoms with Crippen molar-refractivity contribution in [3.05, 3.63) is 0 Å². The highest BCUT2D eigenvalue weighted by molar-refractivity contribution is 5.93. The fourth-order valence-corrected chi connectivity index (χ4v) is 8.76. The number of carboxylic acid groups (broad SMARTS) is 1. The average Bonchev–Trinajstić information content (AvgIpc) is 3.32. The highest BCUT2D eigenvalue weighted by Crippen LogP contribution is 2.14. The molecular weight excluding hydrogens is 1010 g/mol. The normalized spacial score (nSPS) is 11.9. The largest absolute Gasteiger partial charge is 1.00 e. The van der Waals surface area contributed by atoms with Crippen LogP contribution >= 0.6 is 0 Å². The van der Waals surface area contributed by atoms with Gasteiger partial charge >= 0.3 is 5.97 Å². The van der Waals surface area contributed by atoms with Crippen LogP contribution in [0.15, 0.2) is 4.99 Å². The Balaban J connectivity index is -0.00000385. The average molecular weight is 1120 g/mol. The summed E-state index contributed by atoms with van der Waals surface area (Å²) in [6.45, 7) is 8.18. The Labute approximate surface area is 468 Å². The molecule has 0 spiro atoms. The van der Waals surface area contributed by atoms with Gasteiger partial charge in [-0.15, -0.1) is 0 Å². The van der Waals surface area contributed by atoms with Gasteiger partial charge in [0.25, 0.3) is 0 Å². The standard InChI is InChI=1S/C53H106N10O6.4ClH/c1-3-5-7-9-11-13-15-17-19-21-23-25-27-31-41-63(42-32-28-26-24-22-20-18-16-14-12-10-8-6-4-2)43-40-58-51(68)46(35-29-30-38-54)62-52(69)47(36-37-49(65)66)61-48(64)44-60-50(67)45(55)34-33-39-59-53(56)57;;;;/h45-47H,3-44,54-55H2,1-2H3,(H,58,68)(H,60,67)(H,61,64)(H,62,69)(H,65,66)(H4,56,57,59);4*1H/p-3. The molecule has 0 bridgehead atoms. The number of halogens is 4. The highest BCUT2D eigenvalue weighted by Gasteiger charge is 2.28. The molecule has 0 radical (unpaired) electrons. The number of guanidine groups is 1. The van der Waals surface area contributed by atoms with Crippen molar-refractivity contribution < 1.29 is 83.6 Å². The number of nitrogens with two attached hydrogens (primary N) is 4. The van der Waals surface area contributed by atoms with Crippen molar-refractivity contribution in [1.82, 2.24) is 21.3 Å². The number of nitrogens with one attached hydrogen (secondary N) is 5. The molecule has 20 heteroatoms. The molecule has 73 heavy (non-hydrogen) atoms. The van der Waals surface area contributed by atoms with Crippen molar-refractivity contribution in [2.45, 2.75) is 257 Å². The van der Waals surface area contributed by atoms with Gasteiger partial charge in [0.15, 0.2) is 5.96 Å². The number of hydrogen-bond donors (Lipinski definition) is 10. The third kappa shape index (κ3) is 52.9. The predicted octanol–water partition coefficient (Wildman–Crippen LogP) is -5.57. The van der Waals surface area contributed by atoms with Crippen LogP contribution in [0.2, 0.25) is 0 Å². The van der Waals surface area contributed by atoms with Crippen LogP contribution < -0.4 is 98.7 Å². The molecule has 0 aromatic carbocycles. The molecule has 436 valence electrons. The Morgan fingerprint density at radius 2 is 0.918 bits per heavy atom. The number of carbonyl (C=O) groups is 5. The molecule has 0 fully saturated rings. The van der Waals surface area contributed by atoms with E-state index in [-0.39, 0.29) is 74.3 Å². The summed E-state index contributed by atoms with van der Waals surface area (Å²) in [6, 6.07) is -3.06. The number of quaternary nitrogens is 1. The molecule has 4 amide bonds. The number of aliphatic imine (C=N–C) groups is 1. The van der Waals surface area contributed by atoms with Crippen LogP contribution in [0, 0.1) is 0 Å². The van der Waals surface area contributed by atoms with Gasteiger partial charge in [0.05, 0.1) is 38.8 Å². The lowest BCUT2D eigenvalue weighted by Crippen LogP contribution is -3.12. The van der Waals surface area contributed by atoms with Gasteiger partial charge in [0, 0.05) is 13.0 Å². The van der Waals surface area contributed by atoms with E-state index in [1.807, 2.05) is 0 Å². The van der Waals surface area contributed by atoms with Crippen molar-refractivity contribution >= 4 is 35.6 Å². The molecular formula is C53H107Cl4N10O6-3. The highest BCUT2D eigenvalue weighted by atomic mass is 35.5. The summed E-state index contributed by atoms with van der Waals surface area (Å²) in [5.41, 5.74) is 22.3. The second kappa shape index (κ2) is 58.9. The molecule has 0 aliphatic rings. The summed E-state index contributed by atoms with van der Waals surface area (Å²) in [6.07, 6.45) is 38.9. The molecule has 0 heterocycles. The molecule has 3 atom stereocenters. The number of aliphatic carboxylic acids is 1. The zero-order valence-corrected chi connectivity index (χ0v) is 48.7. The van der Waals surface area contributed by atoms with Crippen molar-refractivity contribution in [3.8, 4) is 0 Å². The Morgan fingerprint density at radius 3 is 1.33 bits per heavy atom. The Kier molecular flexibility index (Phi) is 64.2. The molecule has 0 aliphatic carbocycles. The van der Waals surface area contributed by atoms with Crippen LogP contribution in [0.25, 0.3) is 0 Å². The summed E-state index contributed by atoms with van der Waals surface area (Å²) in [5, 5.41) is 20.2. The lowest BCUT2D eigenvalue weighted by Gasteiger charge is -2.24. The van der Waals surface area contributed by atoms with Crippen molar-refractivity contribution in [2.24, 2.45) is 27.9 Å². The zero-order valence-electron chi connectivity index (χ0n) is 45.7. The van der Waals surface area contributed by atoms with E-state index in [1.54, 1.807) is 0 Å². The number of unbranched alkanes of at least 4 members (excludes halogenated alkanes) is 27. The smallest absolute Gasteiger partial charge is 0.303 e. The van der Waals surface area contributed by atoms with Crippen LogP contribution in [-0.2, 0) is 24.0 Å². The number of rotatable bonds is 51. The van der Waals surface area contributed by atoms with Gasteiger partial charge in [-0.25, -0.2) is 0 Å². The van der Waals surface area contributed by atoms with Gasteiger partial charge in [-0.3, -0.25) is 29.0 Å². The number of carbonyl (C=O) groups excluding carboxylic acids is 4.